The van der Waals surface area contributed by atoms with Crippen molar-refractivity contribution in [3.8, 4) is 10.7 Å². The van der Waals surface area contributed by atoms with Gasteiger partial charge in [0.25, 0.3) is 0 Å². The number of thiazole rings is 1. The average Bonchev–Trinajstić information content (AvgIpc) is 3.06. The van der Waals surface area contributed by atoms with Gasteiger partial charge in [0, 0.05) is 23.8 Å². The summed E-state index contributed by atoms with van der Waals surface area (Å²) in [4.78, 5) is 19.8. The lowest BCUT2D eigenvalue weighted by atomic mass is 10.4. The minimum Gasteiger partial charge on any atom is -0.349 e. The molecule has 104 valence electrons. The third kappa shape index (κ3) is 2.43. The molecule has 0 saturated carbocycles. The molecule has 0 aliphatic heterocycles. The Hall–Kier alpha value is -1.47. The second-order valence-corrected chi connectivity index (χ2v) is 6.21. The fourth-order valence-electron chi connectivity index (χ4n) is 2.01. The Morgan fingerprint density at radius 1 is 1.25 bits per heavy atom. The van der Waals surface area contributed by atoms with Gasteiger partial charge in [-0.15, -0.1) is 0 Å². The topological polar surface area (TPSA) is 57.7 Å². The Labute approximate surface area is 129 Å². The average molecular weight is 352 g/mol. The Morgan fingerprint density at radius 2 is 2.05 bits per heavy atom. The molecule has 0 aliphatic carbocycles. The van der Waals surface area contributed by atoms with Crippen LogP contribution in [0.3, 0.4) is 0 Å². The highest BCUT2D eigenvalue weighted by Crippen LogP contribution is 2.30. The first-order valence-corrected chi connectivity index (χ1v) is 8.04. The lowest BCUT2D eigenvalue weighted by Crippen LogP contribution is -2.21. The van der Waals surface area contributed by atoms with Crippen molar-refractivity contribution in [2.24, 2.45) is 0 Å². The van der Waals surface area contributed by atoms with Gasteiger partial charge >= 0.3 is 0 Å². The van der Waals surface area contributed by atoms with E-state index in [9.17, 15) is 0 Å². The van der Waals surface area contributed by atoms with Crippen molar-refractivity contribution < 1.29 is 0 Å². The van der Waals surface area contributed by atoms with Crippen LogP contribution in [0.2, 0.25) is 0 Å². The van der Waals surface area contributed by atoms with Crippen molar-refractivity contribution in [2.45, 2.75) is 13.8 Å². The number of aromatic nitrogens is 4. The molecular weight excluding hydrogens is 338 g/mol. The van der Waals surface area contributed by atoms with Crippen LogP contribution in [0.15, 0.2) is 22.9 Å². The molecule has 1 N–H and O–H groups in total. The second kappa shape index (κ2) is 5.49. The van der Waals surface area contributed by atoms with Crippen LogP contribution in [-0.2, 0) is 0 Å². The largest absolute Gasteiger partial charge is 0.349 e. The van der Waals surface area contributed by atoms with E-state index in [2.05, 4.69) is 54.6 Å². The molecule has 7 heteroatoms. The molecule has 0 radical (unpaired) electrons. The van der Waals surface area contributed by atoms with Crippen molar-refractivity contribution in [3.05, 3.63) is 22.9 Å². The molecule has 0 unspecified atom stereocenters. The van der Waals surface area contributed by atoms with Gasteiger partial charge in [-0.2, -0.15) is 0 Å². The van der Waals surface area contributed by atoms with Crippen LogP contribution >= 0.6 is 27.3 Å². The predicted octanol–water partition coefficient (Wildman–Crippen LogP) is 3.69. The van der Waals surface area contributed by atoms with Crippen LogP contribution in [-0.4, -0.2) is 33.0 Å². The van der Waals surface area contributed by atoms with Crippen LogP contribution in [0, 0.1) is 0 Å². The van der Waals surface area contributed by atoms with Crippen LogP contribution in [0.4, 0.5) is 5.13 Å². The van der Waals surface area contributed by atoms with E-state index in [1.54, 1.807) is 17.5 Å². The number of H-pyrrole nitrogens is 1. The molecule has 3 aromatic rings. The number of hydrogen-bond donors (Lipinski definition) is 1. The lowest BCUT2D eigenvalue weighted by molar-refractivity contribution is 0.860. The van der Waals surface area contributed by atoms with Crippen molar-refractivity contribution >= 4 is 43.6 Å². The maximum absolute atomic E-state index is 4.51. The van der Waals surface area contributed by atoms with Crippen LogP contribution < -0.4 is 4.90 Å². The van der Waals surface area contributed by atoms with Gasteiger partial charge in [-0.25, -0.2) is 15.0 Å². The summed E-state index contributed by atoms with van der Waals surface area (Å²) in [6, 6.07) is 1.98. The first-order chi connectivity index (χ1) is 9.71. The van der Waals surface area contributed by atoms with Gasteiger partial charge in [-0.05, 0) is 35.8 Å². The zero-order valence-electron chi connectivity index (χ0n) is 11.2. The summed E-state index contributed by atoms with van der Waals surface area (Å²) in [5, 5.41) is 1.03. The van der Waals surface area contributed by atoms with E-state index in [1.165, 1.54) is 0 Å². The van der Waals surface area contributed by atoms with Crippen LogP contribution in [0.25, 0.3) is 21.9 Å². The first kappa shape index (κ1) is 13.5. The zero-order chi connectivity index (χ0) is 14.1. The van der Waals surface area contributed by atoms with E-state index in [4.69, 9.17) is 0 Å². The van der Waals surface area contributed by atoms with Gasteiger partial charge in [-0.3, -0.25) is 0 Å². The highest BCUT2D eigenvalue weighted by molar-refractivity contribution is 9.10. The Bertz CT molecular complexity index is 731. The van der Waals surface area contributed by atoms with Crippen molar-refractivity contribution in [1.82, 2.24) is 19.9 Å². The molecule has 0 amide bonds. The number of rotatable bonds is 4. The van der Waals surface area contributed by atoms with Gasteiger partial charge in [0.1, 0.15) is 0 Å². The van der Waals surface area contributed by atoms with Crippen LogP contribution in [0.5, 0.6) is 0 Å². The fourth-order valence-corrected chi connectivity index (χ4v) is 3.33. The van der Waals surface area contributed by atoms with Gasteiger partial charge in [0.05, 0.1) is 16.6 Å². The van der Waals surface area contributed by atoms with Crippen molar-refractivity contribution in [3.63, 3.8) is 0 Å². The van der Waals surface area contributed by atoms with E-state index >= 15 is 0 Å². The minimum atomic E-state index is 0.723. The summed E-state index contributed by atoms with van der Waals surface area (Å²) in [5.41, 5.74) is 1.65. The van der Waals surface area contributed by atoms with E-state index in [-0.39, 0.29) is 0 Å². The van der Waals surface area contributed by atoms with Crippen LogP contribution in [0.1, 0.15) is 13.8 Å². The van der Waals surface area contributed by atoms with Gasteiger partial charge < -0.3 is 9.88 Å². The third-order valence-corrected chi connectivity index (χ3v) is 4.56. The normalized spacial score (nSPS) is 11.2. The number of hydrogen-bond acceptors (Lipinski definition) is 5. The smallest absolute Gasteiger partial charge is 0.185 e. The predicted molar refractivity (Wildman–Crippen MR) is 86.3 cm³/mol. The third-order valence-electron chi connectivity index (χ3n) is 3.06. The molecule has 0 fully saturated rings. The molecule has 0 atom stereocenters. The summed E-state index contributed by atoms with van der Waals surface area (Å²) >= 11 is 5.06. The molecule has 3 heterocycles. The minimum absolute atomic E-state index is 0.723. The second-order valence-electron chi connectivity index (χ2n) is 4.29. The van der Waals surface area contributed by atoms with Crippen molar-refractivity contribution in [2.75, 3.05) is 18.0 Å². The highest BCUT2D eigenvalue weighted by Gasteiger charge is 2.12. The number of imidazole rings is 1. The van der Waals surface area contributed by atoms with Gasteiger partial charge in [-0.1, -0.05) is 11.3 Å². The number of halogens is 1. The summed E-state index contributed by atoms with van der Waals surface area (Å²) < 4.78 is 0.938. The molecule has 0 bridgehead atoms. The fraction of sp³-hybridized carbons (Fsp3) is 0.308. The molecule has 0 aromatic carbocycles. The van der Waals surface area contributed by atoms with Gasteiger partial charge in [0.15, 0.2) is 16.6 Å². The molecule has 3 rings (SSSR count). The highest BCUT2D eigenvalue weighted by atomic mass is 79.9. The van der Waals surface area contributed by atoms with Gasteiger partial charge in [0.2, 0.25) is 0 Å². The molecule has 0 saturated heterocycles. The number of aromatic amines is 1. The van der Waals surface area contributed by atoms with E-state index in [1.807, 2.05) is 12.3 Å². The Kier molecular flexibility index (Phi) is 3.71. The molecule has 0 aliphatic rings. The SMILES string of the molecule is CCN(CC)c1ncc(-c2nc3ncc(Br)cc3[nH]2)s1. The summed E-state index contributed by atoms with van der Waals surface area (Å²) in [5.74, 6) is 0.821. The quantitative estimate of drug-likeness (QED) is 0.778. The number of fused-ring (bicyclic) bond motifs is 1. The number of nitrogens with zero attached hydrogens (tertiary/aromatic N) is 4. The number of nitrogens with one attached hydrogen (secondary N) is 1. The van der Waals surface area contributed by atoms with Crippen molar-refractivity contribution in [1.29, 1.82) is 0 Å². The lowest BCUT2D eigenvalue weighted by Gasteiger charge is -2.16. The molecule has 20 heavy (non-hydrogen) atoms. The first-order valence-electron chi connectivity index (χ1n) is 6.43. The van der Waals surface area contributed by atoms with E-state index in [0.29, 0.717) is 0 Å². The van der Waals surface area contributed by atoms with E-state index in [0.717, 1.165) is 44.6 Å². The Balaban J connectivity index is 1.98. The number of anilines is 1. The standard InChI is InChI=1S/C13H14BrN5S/c1-3-19(4-2)13-16-7-10(20-13)12-17-9-5-8(14)6-15-11(9)18-12/h5-7H,3-4H2,1-2H3,(H,15,17,18). The molecule has 5 nitrogen and oxygen atoms in total. The number of pyridine rings is 1. The summed E-state index contributed by atoms with van der Waals surface area (Å²) in [6.45, 7) is 6.18. The monoisotopic (exact) mass is 351 g/mol. The zero-order valence-corrected chi connectivity index (χ0v) is 13.6. The maximum atomic E-state index is 4.51. The Morgan fingerprint density at radius 3 is 2.80 bits per heavy atom. The maximum Gasteiger partial charge on any atom is 0.185 e. The molecule has 3 aromatic heterocycles. The summed E-state index contributed by atoms with van der Waals surface area (Å²) in [6.07, 6.45) is 3.62. The van der Waals surface area contributed by atoms with E-state index < -0.39 is 0 Å². The molecular formula is C13H14BrN5S. The molecule has 0 spiro atoms. The summed E-state index contributed by atoms with van der Waals surface area (Å²) in [7, 11) is 0.